The maximum Gasteiger partial charge on any atom is 0.0518 e. The Hall–Kier alpha value is -1.61. The molecule has 1 unspecified atom stereocenters. The lowest BCUT2D eigenvalue weighted by atomic mass is 10.1. The Morgan fingerprint density at radius 2 is 2.28 bits per heavy atom. The van der Waals surface area contributed by atoms with Crippen LogP contribution in [0.3, 0.4) is 0 Å². The molecule has 0 radical (unpaired) electrons. The number of rotatable bonds is 3. The topological polar surface area (TPSA) is 29.9 Å². The van der Waals surface area contributed by atoms with E-state index in [4.69, 9.17) is 0 Å². The minimum atomic E-state index is 0.495. The zero-order chi connectivity index (χ0) is 12.5. The Balaban J connectivity index is 1.73. The minimum Gasteiger partial charge on any atom is -0.304 e. The van der Waals surface area contributed by atoms with Gasteiger partial charge in [0.25, 0.3) is 0 Å². The molecule has 2 aromatic rings. The standard InChI is InChI=1S/C15H19N3/c1-11-3-4-12-5-6-15(14(12)9-11)16-10-13-7-8-17-18(13)2/h3-4,7-9,15-16H,5-6,10H2,1-2H3. The SMILES string of the molecule is Cc1ccc2c(c1)C(NCc1ccnn1C)CC2. The second kappa shape index (κ2) is 4.58. The van der Waals surface area contributed by atoms with Crippen molar-refractivity contribution in [3.8, 4) is 0 Å². The van der Waals surface area contributed by atoms with E-state index in [0.717, 1.165) is 6.54 Å². The summed E-state index contributed by atoms with van der Waals surface area (Å²) >= 11 is 0. The van der Waals surface area contributed by atoms with Crippen LogP contribution < -0.4 is 5.32 Å². The van der Waals surface area contributed by atoms with Crippen molar-refractivity contribution in [1.29, 1.82) is 0 Å². The highest BCUT2D eigenvalue weighted by molar-refractivity contribution is 5.37. The molecule has 0 aliphatic heterocycles. The molecule has 1 atom stereocenters. The Kier molecular flexibility index (Phi) is 2.92. The van der Waals surface area contributed by atoms with Gasteiger partial charge >= 0.3 is 0 Å². The highest BCUT2D eigenvalue weighted by atomic mass is 15.3. The first-order valence-corrected chi connectivity index (χ1v) is 6.54. The van der Waals surface area contributed by atoms with Gasteiger partial charge in [0.05, 0.1) is 5.69 Å². The number of aryl methyl sites for hydroxylation is 3. The van der Waals surface area contributed by atoms with Crippen LogP contribution in [0, 0.1) is 6.92 Å². The monoisotopic (exact) mass is 241 g/mol. The largest absolute Gasteiger partial charge is 0.304 e. The van der Waals surface area contributed by atoms with E-state index < -0.39 is 0 Å². The molecule has 1 heterocycles. The third kappa shape index (κ3) is 2.06. The Morgan fingerprint density at radius 1 is 1.39 bits per heavy atom. The molecular weight excluding hydrogens is 222 g/mol. The molecule has 1 N–H and O–H groups in total. The van der Waals surface area contributed by atoms with Crippen molar-refractivity contribution in [3.63, 3.8) is 0 Å². The van der Waals surface area contributed by atoms with Gasteiger partial charge < -0.3 is 5.32 Å². The summed E-state index contributed by atoms with van der Waals surface area (Å²) in [6, 6.07) is 9.37. The predicted octanol–water partition coefficient (Wildman–Crippen LogP) is 2.51. The molecule has 0 bridgehead atoms. The first-order chi connectivity index (χ1) is 8.74. The van der Waals surface area contributed by atoms with Crippen LogP contribution in [0.1, 0.15) is 34.8 Å². The summed E-state index contributed by atoms with van der Waals surface area (Å²) in [6.45, 7) is 3.05. The van der Waals surface area contributed by atoms with Crippen LogP contribution in [-0.4, -0.2) is 9.78 Å². The van der Waals surface area contributed by atoms with Gasteiger partial charge in [0.1, 0.15) is 0 Å². The molecule has 0 spiro atoms. The summed E-state index contributed by atoms with van der Waals surface area (Å²) in [7, 11) is 1.99. The molecule has 1 aromatic carbocycles. The summed E-state index contributed by atoms with van der Waals surface area (Å²) < 4.78 is 1.93. The van der Waals surface area contributed by atoms with Gasteiger partial charge in [0, 0.05) is 25.8 Å². The maximum absolute atomic E-state index is 4.20. The molecule has 0 amide bonds. The highest BCUT2D eigenvalue weighted by Crippen LogP contribution is 2.31. The number of nitrogens with zero attached hydrogens (tertiary/aromatic N) is 2. The van der Waals surface area contributed by atoms with Crippen LogP contribution in [0.15, 0.2) is 30.5 Å². The maximum atomic E-state index is 4.20. The molecule has 94 valence electrons. The Morgan fingerprint density at radius 3 is 3.06 bits per heavy atom. The summed E-state index contributed by atoms with van der Waals surface area (Å²) in [5, 5.41) is 7.84. The fourth-order valence-corrected chi connectivity index (χ4v) is 2.74. The van der Waals surface area contributed by atoms with Crippen molar-refractivity contribution >= 4 is 0 Å². The van der Waals surface area contributed by atoms with Crippen molar-refractivity contribution in [2.75, 3.05) is 0 Å². The first-order valence-electron chi connectivity index (χ1n) is 6.54. The molecule has 0 saturated carbocycles. The minimum absolute atomic E-state index is 0.495. The van der Waals surface area contributed by atoms with Gasteiger partial charge in [0.15, 0.2) is 0 Å². The predicted molar refractivity (Wildman–Crippen MR) is 72.3 cm³/mol. The van der Waals surface area contributed by atoms with Gasteiger partial charge in [-0.3, -0.25) is 4.68 Å². The van der Waals surface area contributed by atoms with Gasteiger partial charge in [0.2, 0.25) is 0 Å². The van der Waals surface area contributed by atoms with Crippen LogP contribution in [0.2, 0.25) is 0 Å². The highest BCUT2D eigenvalue weighted by Gasteiger charge is 2.21. The van der Waals surface area contributed by atoms with Gasteiger partial charge in [-0.1, -0.05) is 23.8 Å². The summed E-state index contributed by atoms with van der Waals surface area (Å²) in [4.78, 5) is 0. The van der Waals surface area contributed by atoms with Gasteiger partial charge in [-0.25, -0.2) is 0 Å². The van der Waals surface area contributed by atoms with E-state index in [2.05, 4.69) is 41.6 Å². The number of hydrogen-bond donors (Lipinski definition) is 1. The molecule has 3 heteroatoms. The van der Waals surface area contributed by atoms with E-state index in [0.29, 0.717) is 6.04 Å². The molecule has 0 saturated heterocycles. The second-order valence-corrected chi connectivity index (χ2v) is 5.12. The van der Waals surface area contributed by atoms with E-state index in [1.165, 1.54) is 35.2 Å². The summed E-state index contributed by atoms with van der Waals surface area (Å²) in [5.74, 6) is 0. The second-order valence-electron chi connectivity index (χ2n) is 5.12. The van der Waals surface area contributed by atoms with Crippen LogP contribution in [0.25, 0.3) is 0 Å². The number of hydrogen-bond acceptors (Lipinski definition) is 2. The van der Waals surface area contributed by atoms with E-state index in [1.54, 1.807) is 0 Å². The zero-order valence-corrected chi connectivity index (χ0v) is 11.0. The van der Waals surface area contributed by atoms with E-state index in [-0.39, 0.29) is 0 Å². The summed E-state index contributed by atoms with van der Waals surface area (Å²) in [6.07, 6.45) is 4.25. The van der Waals surface area contributed by atoms with Crippen LogP contribution in [0.5, 0.6) is 0 Å². The molecular formula is C15H19N3. The average Bonchev–Trinajstić information content (AvgIpc) is 2.93. The molecule has 1 aliphatic carbocycles. The molecule has 1 aromatic heterocycles. The molecule has 3 rings (SSSR count). The fraction of sp³-hybridized carbons (Fsp3) is 0.400. The van der Waals surface area contributed by atoms with Crippen molar-refractivity contribution in [2.24, 2.45) is 7.05 Å². The lowest BCUT2D eigenvalue weighted by molar-refractivity contribution is 0.512. The van der Waals surface area contributed by atoms with Crippen molar-refractivity contribution in [2.45, 2.75) is 32.4 Å². The van der Waals surface area contributed by atoms with Crippen molar-refractivity contribution < 1.29 is 0 Å². The third-order valence-corrected chi connectivity index (χ3v) is 3.83. The normalized spacial score (nSPS) is 18.0. The van der Waals surface area contributed by atoms with Crippen LogP contribution >= 0.6 is 0 Å². The molecule has 0 fully saturated rings. The average molecular weight is 241 g/mol. The molecule has 18 heavy (non-hydrogen) atoms. The molecule has 1 aliphatic rings. The smallest absolute Gasteiger partial charge is 0.0518 e. The first kappa shape index (κ1) is 11.5. The lowest BCUT2D eigenvalue weighted by Gasteiger charge is -2.14. The van der Waals surface area contributed by atoms with Crippen LogP contribution in [-0.2, 0) is 20.0 Å². The fourth-order valence-electron chi connectivity index (χ4n) is 2.74. The van der Waals surface area contributed by atoms with Gasteiger partial charge in [-0.2, -0.15) is 5.10 Å². The van der Waals surface area contributed by atoms with Gasteiger partial charge in [-0.05, 0) is 37.0 Å². The molecule has 3 nitrogen and oxygen atoms in total. The number of nitrogens with one attached hydrogen (secondary N) is 1. The lowest BCUT2D eigenvalue weighted by Crippen LogP contribution is -2.20. The summed E-state index contributed by atoms with van der Waals surface area (Å²) in [5.41, 5.74) is 5.57. The zero-order valence-electron chi connectivity index (χ0n) is 11.0. The number of benzene rings is 1. The quantitative estimate of drug-likeness (QED) is 0.894. The van der Waals surface area contributed by atoms with Crippen molar-refractivity contribution in [3.05, 3.63) is 52.8 Å². The Bertz CT molecular complexity index is 557. The number of aromatic nitrogens is 2. The number of fused-ring (bicyclic) bond motifs is 1. The van der Waals surface area contributed by atoms with Gasteiger partial charge in [-0.15, -0.1) is 0 Å². The van der Waals surface area contributed by atoms with Crippen molar-refractivity contribution in [1.82, 2.24) is 15.1 Å². The van der Waals surface area contributed by atoms with E-state index >= 15 is 0 Å². The van der Waals surface area contributed by atoms with Crippen LogP contribution in [0.4, 0.5) is 0 Å². The Labute approximate surface area is 108 Å². The third-order valence-electron chi connectivity index (χ3n) is 3.83. The van der Waals surface area contributed by atoms with E-state index in [9.17, 15) is 0 Å². The van der Waals surface area contributed by atoms with E-state index in [1.807, 2.05) is 17.9 Å².